The fourth-order valence-electron chi connectivity index (χ4n) is 2.37. The average Bonchev–Trinajstić information content (AvgIpc) is 2.04. The van der Waals surface area contributed by atoms with Crippen LogP contribution in [0, 0.1) is 11.3 Å². The van der Waals surface area contributed by atoms with E-state index in [0.29, 0.717) is 5.41 Å². The molecule has 1 aliphatic rings. The van der Waals surface area contributed by atoms with Crippen molar-refractivity contribution in [2.45, 2.75) is 46.0 Å². The first kappa shape index (κ1) is 9.05. The van der Waals surface area contributed by atoms with Gasteiger partial charge in [-0.2, -0.15) is 0 Å². The van der Waals surface area contributed by atoms with Gasteiger partial charge in [0.1, 0.15) is 0 Å². The first-order valence-corrected chi connectivity index (χ1v) is 4.95. The molecule has 0 bridgehead atoms. The van der Waals surface area contributed by atoms with Gasteiger partial charge in [0.05, 0.1) is 0 Å². The minimum Gasteiger partial charge on any atom is -0.330 e. The van der Waals surface area contributed by atoms with Crippen LogP contribution in [-0.4, -0.2) is 6.54 Å². The van der Waals surface area contributed by atoms with Crippen LogP contribution in [0.25, 0.3) is 0 Å². The molecule has 1 saturated carbocycles. The molecule has 0 radical (unpaired) electrons. The van der Waals surface area contributed by atoms with Gasteiger partial charge in [-0.3, -0.25) is 0 Å². The normalized spacial score (nSPS) is 36.8. The first-order chi connectivity index (χ1) is 5.25. The van der Waals surface area contributed by atoms with Crippen molar-refractivity contribution >= 4 is 0 Å². The lowest BCUT2D eigenvalue weighted by molar-refractivity contribution is 0.0276. The lowest BCUT2D eigenvalue weighted by atomic mass is 9.57. The van der Waals surface area contributed by atoms with E-state index in [2.05, 4.69) is 13.8 Å². The molecule has 0 aliphatic heterocycles. The highest BCUT2D eigenvalue weighted by molar-refractivity contribution is 4.91. The van der Waals surface area contributed by atoms with Crippen LogP contribution >= 0.6 is 0 Å². The molecule has 0 aromatic carbocycles. The Morgan fingerprint density at radius 2 is 2.27 bits per heavy atom. The molecule has 0 aromatic heterocycles. The molecule has 0 saturated heterocycles. The van der Waals surface area contributed by atoms with Gasteiger partial charge in [0, 0.05) is 0 Å². The van der Waals surface area contributed by atoms with Crippen molar-refractivity contribution < 1.29 is 0 Å². The summed E-state index contributed by atoms with van der Waals surface area (Å²) in [5.41, 5.74) is 6.21. The van der Waals surface area contributed by atoms with Crippen LogP contribution in [0.3, 0.4) is 0 Å². The SMILES string of the molecule is CC[C@@]1(CCCN)CCC1C. The third kappa shape index (κ3) is 1.58. The summed E-state index contributed by atoms with van der Waals surface area (Å²) in [6.07, 6.45) is 6.83. The largest absolute Gasteiger partial charge is 0.330 e. The highest BCUT2D eigenvalue weighted by atomic mass is 14.5. The molecule has 1 rings (SSSR count). The summed E-state index contributed by atoms with van der Waals surface area (Å²) in [7, 11) is 0. The van der Waals surface area contributed by atoms with Gasteiger partial charge in [-0.15, -0.1) is 0 Å². The maximum Gasteiger partial charge on any atom is -0.00771 e. The summed E-state index contributed by atoms with van der Waals surface area (Å²) in [5.74, 6) is 0.957. The summed E-state index contributed by atoms with van der Waals surface area (Å²) in [6, 6.07) is 0. The van der Waals surface area contributed by atoms with Gasteiger partial charge in [0.15, 0.2) is 0 Å². The smallest absolute Gasteiger partial charge is 0.00771 e. The van der Waals surface area contributed by atoms with Crippen molar-refractivity contribution in [2.24, 2.45) is 17.1 Å². The van der Waals surface area contributed by atoms with Gasteiger partial charge >= 0.3 is 0 Å². The van der Waals surface area contributed by atoms with Crippen molar-refractivity contribution in [3.63, 3.8) is 0 Å². The summed E-state index contributed by atoms with van der Waals surface area (Å²) in [6.45, 7) is 5.59. The highest BCUT2D eigenvalue weighted by Gasteiger charge is 2.41. The molecule has 0 heterocycles. The summed E-state index contributed by atoms with van der Waals surface area (Å²) in [4.78, 5) is 0. The van der Waals surface area contributed by atoms with Crippen LogP contribution in [0.2, 0.25) is 0 Å². The fourth-order valence-corrected chi connectivity index (χ4v) is 2.37. The van der Waals surface area contributed by atoms with E-state index in [1.54, 1.807) is 0 Å². The molecule has 1 fully saturated rings. The standard InChI is InChI=1S/C10H21N/c1-3-10(6-4-8-11)7-5-9(10)2/h9H,3-8,11H2,1-2H3/t9?,10-/m1/s1. The van der Waals surface area contributed by atoms with Crippen molar-refractivity contribution in [1.82, 2.24) is 0 Å². The van der Waals surface area contributed by atoms with E-state index in [4.69, 9.17) is 5.73 Å². The van der Waals surface area contributed by atoms with Gasteiger partial charge in [-0.25, -0.2) is 0 Å². The molecule has 1 heteroatoms. The molecule has 66 valence electrons. The molecule has 1 nitrogen and oxygen atoms in total. The van der Waals surface area contributed by atoms with Crippen molar-refractivity contribution in [2.75, 3.05) is 6.54 Å². The fraction of sp³-hybridized carbons (Fsp3) is 1.00. The van der Waals surface area contributed by atoms with E-state index >= 15 is 0 Å². The molecular formula is C10H21N. The van der Waals surface area contributed by atoms with Gasteiger partial charge < -0.3 is 5.73 Å². The van der Waals surface area contributed by atoms with Crippen LogP contribution in [0.15, 0.2) is 0 Å². The molecule has 0 spiro atoms. The van der Waals surface area contributed by atoms with E-state index in [9.17, 15) is 0 Å². The lowest BCUT2D eigenvalue weighted by Gasteiger charge is -2.48. The molecule has 11 heavy (non-hydrogen) atoms. The molecule has 0 amide bonds. The number of hydrogen-bond donors (Lipinski definition) is 1. The second-order valence-corrected chi connectivity index (χ2v) is 4.05. The molecule has 2 atom stereocenters. The quantitative estimate of drug-likeness (QED) is 0.663. The second kappa shape index (κ2) is 3.57. The third-order valence-corrected chi connectivity index (χ3v) is 3.70. The Hall–Kier alpha value is -0.0400. The summed E-state index contributed by atoms with van der Waals surface area (Å²) in [5, 5.41) is 0. The molecule has 0 aromatic rings. The van der Waals surface area contributed by atoms with E-state index in [1.165, 1.54) is 32.1 Å². The Kier molecular flexibility index (Phi) is 2.94. The van der Waals surface area contributed by atoms with E-state index in [1.807, 2.05) is 0 Å². The predicted molar refractivity (Wildman–Crippen MR) is 49.4 cm³/mol. The van der Waals surface area contributed by atoms with Crippen LogP contribution in [0.5, 0.6) is 0 Å². The second-order valence-electron chi connectivity index (χ2n) is 4.05. The maximum absolute atomic E-state index is 5.51. The Balaban J connectivity index is 2.35. The Bertz CT molecular complexity index is 118. The first-order valence-electron chi connectivity index (χ1n) is 4.95. The van der Waals surface area contributed by atoms with E-state index in [-0.39, 0.29) is 0 Å². The Morgan fingerprint density at radius 3 is 2.55 bits per heavy atom. The van der Waals surface area contributed by atoms with Crippen molar-refractivity contribution in [3.05, 3.63) is 0 Å². The molecule has 1 aliphatic carbocycles. The minimum absolute atomic E-state index is 0.694. The monoisotopic (exact) mass is 155 g/mol. The molecule has 2 N–H and O–H groups in total. The lowest BCUT2D eigenvalue weighted by Crippen LogP contribution is -2.38. The molecule has 1 unspecified atom stereocenters. The zero-order valence-electron chi connectivity index (χ0n) is 7.90. The molecular weight excluding hydrogens is 134 g/mol. The maximum atomic E-state index is 5.51. The summed E-state index contributed by atoms with van der Waals surface area (Å²) < 4.78 is 0. The predicted octanol–water partition coefficient (Wildman–Crippen LogP) is 2.55. The van der Waals surface area contributed by atoms with E-state index < -0.39 is 0 Å². The van der Waals surface area contributed by atoms with Gasteiger partial charge in [0.25, 0.3) is 0 Å². The minimum atomic E-state index is 0.694. The zero-order chi connectivity index (χ0) is 8.32. The van der Waals surface area contributed by atoms with E-state index in [0.717, 1.165) is 12.5 Å². The van der Waals surface area contributed by atoms with Gasteiger partial charge in [0.2, 0.25) is 0 Å². The zero-order valence-corrected chi connectivity index (χ0v) is 7.90. The van der Waals surface area contributed by atoms with Crippen LogP contribution in [0.1, 0.15) is 46.0 Å². The van der Waals surface area contributed by atoms with Crippen LogP contribution in [-0.2, 0) is 0 Å². The van der Waals surface area contributed by atoms with Gasteiger partial charge in [-0.05, 0) is 43.6 Å². The van der Waals surface area contributed by atoms with Gasteiger partial charge in [-0.1, -0.05) is 20.3 Å². The Morgan fingerprint density at radius 1 is 1.55 bits per heavy atom. The number of rotatable bonds is 4. The summed E-state index contributed by atoms with van der Waals surface area (Å²) >= 11 is 0. The van der Waals surface area contributed by atoms with Crippen molar-refractivity contribution in [3.8, 4) is 0 Å². The van der Waals surface area contributed by atoms with Crippen LogP contribution < -0.4 is 5.73 Å². The third-order valence-electron chi connectivity index (χ3n) is 3.70. The Labute approximate surface area is 70.4 Å². The van der Waals surface area contributed by atoms with Crippen molar-refractivity contribution in [1.29, 1.82) is 0 Å². The average molecular weight is 155 g/mol. The van der Waals surface area contributed by atoms with Crippen LogP contribution in [0.4, 0.5) is 0 Å². The topological polar surface area (TPSA) is 26.0 Å². The number of hydrogen-bond acceptors (Lipinski definition) is 1. The number of nitrogens with two attached hydrogens (primary N) is 1. The highest BCUT2D eigenvalue weighted by Crippen LogP contribution is 2.51.